The Morgan fingerprint density at radius 3 is 2.57 bits per heavy atom. The van der Waals surface area contributed by atoms with E-state index >= 15 is 0 Å². The third-order valence-electron chi connectivity index (χ3n) is 1.88. The van der Waals surface area contributed by atoms with Crippen LogP contribution in [0.4, 0.5) is 4.39 Å². The van der Waals surface area contributed by atoms with Gasteiger partial charge in [-0.15, -0.1) is 0 Å². The Labute approximate surface area is 80.0 Å². The molecule has 0 unspecified atom stereocenters. The van der Waals surface area contributed by atoms with Gasteiger partial charge in [-0.3, -0.25) is 4.79 Å². The lowest BCUT2D eigenvalue weighted by molar-refractivity contribution is 0.110. The van der Waals surface area contributed by atoms with E-state index in [0.717, 1.165) is 0 Å². The largest absolute Gasteiger partial charge is 0.453 e. The second-order valence-electron chi connectivity index (χ2n) is 2.80. The number of carbonyl (C=O) groups excluding carboxylic acids is 1. The van der Waals surface area contributed by atoms with Crippen LogP contribution in [-0.2, 0) is 0 Å². The van der Waals surface area contributed by atoms with Gasteiger partial charge in [0, 0.05) is 0 Å². The highest BCUT2D eigenvalue weighted by molar-refractivity contribution is 5.72. The van der Waals surface area contributed by atoms with Crippen LogP contribution in [0.25, 0.3) is 11.3 Å². The van der Waals surface area contributed by atoms with Gasteiger partial charge in [-0.05, 0) is 24.3 Å². The molecule has 0 spiro atoms. The third kappa shape index (κ3) is 1.44. The number of halogens is 1. The first-order valence-corrected chi connectivity index (χ1v) is 4.11. The molecule has 0 radical (unpaired) electrons. The standard InChI is InChI=1S/C11H7FO2/c12-10-4-2-1-3-9(10)11-6-5-8(7-13)14-11/h1-7H. The number of rotatable bonds is 2. The summed E-state index contributed by atoms with van der Waals surface area (Å²) in [5, 5.41) is 0. The summed E-state index contributed by atoms with van der Waals surface area (Å²) in [4.78, 5) is 10.3. The molecule has 2 nitrogen and oxygen atoms in total. The highest BCUT2D eigenvalue weighted by Crippen LogP contribution is 2.23. The Morgan fingerprint density at radius 2 is 1.93 bits per heavy atom. The van der Waals surface area contributed by atoms with Crippen molar-refractivity contribution in [3.05, 3.63) is 48.0 Å². The molecule has 1 aromatic carbocycles. The first-order chi connectivity index (χ1) is 6.81. The van der Waals surface area contributed by atoms with Crippen molar-refractivity contribution in [2.45, 2.75) is 0 Å². The van der Waals surface area contributed by atoms with Crippen molar-refractivity contribution < 1.29 is 13.6 Å². The van der Waals surface area contributed by atoms with Crippen LogP contribution < -0.4 is 0 Å². The molecule has 0 aliphatic heterocycles. The molecule has 0 fully saturated rings. The first kappa shape index (κ1) is 8.69. The van der Waals surface area contributed by atoms with Crippen LogP contribution >= 0.6 is 0 Å². The van der Waals surface area contributed by atoms with Crippen LogP contribution in [0.3, 0.4) is 0 Å². The Morgan fingerprint density at radius 1 is 1.14 bits per heavy atom. The van der Waals surface area contributed by atoms with Crippen molar-refractivity contribution in [2.75, 3.05) is 0 Å². The molecule has 0 amide bonds. The molecule has 2 rings (SSSR count). The summed E-state index contributed by atoms with van der Waals surface area (Å²) in [6.45, 7) is 0. The molecular formula is C11H7FO2. The number of carbonyl (C=O) groups is 1. The molecule has 0 saturated carbocycles. The van der Waals surface area contributed by atoms with E-state index in [1.165, 1.54) is 12.1 Å². The lowest BCUT2D eigenvalue weighted by atomic mass is 10.1. The summed E-state index contributed by atoms with van der Waals surface area (Å²) in [7, 11) is 0. The van der Waals surface area contributed by atoms with Gasteiger partial charge in [0.25, 0.3) is 0 Å². The van der Waals surface area contributed by atoms with Gasteiger partial charge in [0.1, 0.15) is 11.6 Å². The van der Waals surface area contributed by atoms with E-state index in [2.05, 4.69) is 0 Å². The number of hydrogen-bond acceptors (Lipinski definition) is 2. The zero-order valence-corrected chi connectivity index (χ0v) is 7.24. The van der Waals surface area contributed by atoms with Gasteiger partial charge in [0.15, 0.2) is 12.0 Å². The number of aldehydes is 1. The Hall–Kier alpha value is -1.90. The highest BCUT2D eigenvalue weighted by atomic mass is 19.1. The van der Waals surface area contributed by atoms with E-state index in [0.29, 0.717) is 17.6 Å². The van der Waals surface area contributed by atoms with Gasteiger partial charge in [0.2, 0.25) is 0 Å². The third-order valence-corrected chi connectivity index (χ3v) is 1.88. The van der Waals surface area contributed by atoms with Gasteiger partial charge < -0.3 is 4.42 Å². The molecule has 2 aromatic rings. The molecule has 0 aliphatic rings. The summed E-state index contributed by atoms with van der Waals surface area (Å²) in [5.74, 6) is 0.202. The van der Waals surface area contributed by atoms with Crippen molar-refractivity contribution in [1.82, 2.24) is 0 Å². The number of furan rings is 1. The Kier molecular flexibility index (Phi) is 2.14. The van der Waals surface area contributed by atoms with Gasteiger partial charge in [-0.1, -0.05) is 12.1 Å². The van der Waals surface area contributed by atoms with Crippen LogP contribution in [0.2, 0.25) is 0 Å². The fourth-order valence-electron chi connectivity index (χ4n) is 1.22. The van der Waals surface area contributed by atoms with Crippen molar-refractivity contribution in [3.8, 4) is 11.3 Å². The highest BCUT2D eigenvalue weighted by Gasteiger charge is 2.07. The van der Waals surface area contributed by atoms with Crippen molar-refractivity contribution in [3.63, 3.8) is 0 Å². The topological polar surface area (TPSA) is 30.2 Å². The summed E-state index contributed by atoms with van der Waals surface area (Å²) in [6, 6.07) is 9.34. The SMILES string of the molecule is O=Cc1ccc(-c2ccccc2F)o1. The molecule has 0 N–H and O–H groups in total. The van der Waals surface area contributed by atoms with Crippen LogP contribution in [0.1, 0.15) is 10.6 Å². The van der Waals surface area contributed by atoms with E-state index in [1.54, 1.807) is 24.3 Å². The molecule has 14 heavy (non-hydrogen) atoms. The van der Waals surface area contributed by atoms with Crippen LogP contribution in [0, 0.1) is 5.82 Å². The number of hydrogen-bond donors (Lipinski definition) is 0. The zero-order valence-electron chi connectivity index (χ0n) is 7.24. The smallest absolute Gasteiger partial charge is 0.185 e. The summed E-state index contributed by atoms with van der Waals surface area (Å²) < 4.78 is 18.3. The summed E-state index contributed by atoms with van der Waals surface area (Å²) >= 11 is 0. The molecule has 0 atom stereocenters. The normalized spacial score (nSPS) is 10.1. The fraction of sp³-hybridized carbons (Fsp3) is 0. The number of benzene rings is 1. The van der Waals surface area contributed by atoms with Crippen molar-refractivity contribution in [1.29, 1.82) is 0 Å². The molecular weight excluding hydrogens is 183 g/mol. The quantitative estimate of drug-likeness (QED) is 0.681. The molecule has 70 valence electrons. The van der Waals surface area contributed by atoms with Crippen molar-refractivity contribution >= 4 is 6.29 Å². The lowest BCUT2D eigenvalue weighted by Gasteiger charge is -1.97. The minimum atomic E-state index is -0.362. The molecule has 0 saturated heterocycles. The minimum absolute atomic E-state index is 0.197. The van der Waals surface area contributed by atoms with E-state index in [9.17, 15) is 9.18 Å². The predicted molar refractivity (Wildman–Crippen MR) is 49.5 cm³/mol. The van der Waals surface area contributed by atoms with Crippen LogP contribution in [-0.4, -0.2) is 6.29 Å². The minimum Gasteiger partial charge on any atom is -0.453 e. The Balaban J connectivity index is 2.49. The molecule has 1 heterocycles. The maximum atomic E-state index is 13.2. The Bertz CT molecular complexity index is 460. The summed E-state index contributed by atoms with van der Waals surface area (Å²) in [6.07, 6.45) is 0.588. The maximum Gasteiger partial charge on any atom is 0.185 e. The van der Waals surface area contributed by atoms with Gasteiger partial charge in [-0.25, -0.2) is 4.39 Å². The van der Waals surface area contributed by atoms with Crippen LogP contribution in [0.15, 0.2) is 40.8 Å². The average molecular weight is 190 g/mol. The van der Waals surface area contributed by atoms with Gasteiger partial charge in [0.05, 0.1) is 5.56 Å². The van der Waals surface area contributed by atoms with Crippen LogP contribution in [0.5, 0.6) is 0 Å². The fourth-order valence-corrected chi connectivity index (χ4v) is 1.22. The van der Waals surface area contributed by atoms with E-state index in [1.807, 2.05) is 0 Å². The van der Waals surface area contributed by atoms with E-state index < -0.39 is 0 Å². The average Bonchev–Trinajstić information content (AvgIpc) is 2.67. The molecule has 0 aliphatic carbocycles. The lowest BCUT2D eigenvalue weighted by Crippen LogP contribution is -1.80. The monoisotopic (exact) mass is 190 g/mol. The zero-order chi connectivity index (χ0) is 9.97. The second-order valence-corrected chi connectivity index (χ2v) is 2.80. The molecule has 1 aromatic heterocycles. The maximum absolute atomic E-state index is 13.2. The van der Waals surface area contributed by atoms with Gasteiger partial charge in [-0.2, -0.15) is 0 Å². The predicted octanol–water partition coefficient (Wildman–Crippen LogP) is 2.90. The van der Waals surface area contributed by atoms with E-state index in [4.69, 9.17) is 4.42 Å². The van der Waals surface area contributed by atoms with Crippen molar-refractivity contribution in [2.24, 2.45) is 0 Å². The molecule has 3 heteroatoms. The summed E-state index contributed by atoms with van der Waals surface area (Å²) in [5.41, 5.74) is 0.362. The first-order valence-electron chi connectivity index (χ1n) is 4.11. The van der Waals surface area contributed by atoms with E-state index in [-0.39, 0.29) is 11.6 Å². The molecule has 0 bridgehead atoms. The second kappa shape index (κ2) is 3.46. The van der Waals surface area contributed by atoms with Gasteiger partial charge >= 0.3 is 0 Å².